The molecule has 1 aromatic heterocycles. The number of rotatable bonds is 6. The second kappa shape index (κ2) is 9.01. The second-order valence-electron chi connectivity index (χ2n) is 6.43. The number of ether oxygens (including phenoxy) is 1. The molecule has 1 amide bonds. The summed E-state index contributed by atoms with van der Waals surface area (Å²) in [6.45, 7) is 5.92. The number of hydrogen-bond donors (Lipinski definition) is 0. The highest BCUT2D eigenvalue weighted by atomic mass is 35.5. The third kappa shape index (κ3) is 4.96. The highest BCUT2D eigenvalue weighted by Gasteiger charge is 2.26. The van der Waals surface area contributed by atoms with Crippen LogP contribution in [0.2, 0.25) is 5.02 Å². The summed E-state index contributed by atoms with van der Waals surface area (Å²) in [5.74, 6) is 0.554. The van der Waals surface area contributed by atoms with E-state index in [1.807, 2.05) is 41.4 Å². The smallest absolute Gasteiger partial charge is 0.263 e. The summed E-state index contributed by atoms with van der Waals surface area (Å²) in [5.41, 5.74) is 1.10. The molecule has 26 heavy (non-hydrogen) atoms. The van der Waals surface area contributed by atoms with Crippen molar-refractivity contribution in [3.05, 3.63) is 59.4 Å². The van der Waals surface area contributed by atoms with Crippen LogP contribution in [0.1, 0.15) is 12.6 Å². The van der Waals surface area contributed by atoms with Gasteiger partial charge in [0, 0.05) is 51.0 Å². The number of halogens is 1. The van der Waals surface area contributed by atoms with Gasteiger partial charge >= 0.3 is 0 Å². The first-order valence-corrected chi connectivity index (χ1v) is 9.33. The van der Waals surface area contributed by atoms with Crippen molar-refractivity contribution in [2.75, 3.05) is 32.7 Å². The predicted molar refractivity (Wildman–Crippen MR) is 103 cm³/mol. The van der Waals surface area contributed by atoms with Gasteiger partial charge in [-0.2, -0.15) is 0 Å². The van der Waals surface area contributed by atoms with Gasteiger partial charge in [0.15, 0.2) is 6.10 Å². The molecule has 138 valence electrons. The molecule has 1 saturated heterocycles. The monoisotopic (exact) mass is 373 g/mol. The topological polar surface area (TPSA) is 45.7 Å². The molecule has 0 radical (unpaired) electrons. The van der Waals surface area contributed by atoms with E-state index in [2.05, 4.69) is 9.88 Å². The molecular weight excluding hydrogens is 350 g/mol. The van der Waals surface area contributed by atoms with Crippen LogP contribution in [0.5, 0.6) is 5.75 Å². The van der Waals surface area contributed by atoms with E-state index in [0.717, 1.165) is 44.8 Å². The van der Waals surface area contributed by atoms with Crippen LogP contribution in [-0.2, 0) is 11.2 Å². The summed E-state index contributed by atoms with van der Waals surface area (Å²) in [6, 6.07) is 13.2. The van der Waals surface area contributed by atoms with Crippen molar-refractivity contribution in [3.8, 4) is 5.75 Å². The van der Waals surface area contributed by atoms with E-state index in [4.69, 9.17) is 16.3 Å². The third-order valence-electron chi connectivity index (χ3n) is 4.58. The van der Waals surface area contributed by atoms with Gasteiger partial charge in [-0.15, -0.1) is 0 Å². The molecule has 0 bridgehead atoms. The molecule has 2 heterocycles. The Hall–Kier alpha value is -2.11. The van der Waals surface area contributed by atoms with Gasteiger partial charge in [0.2, 0.25) is 0 Å². The number of nitrogens with zero attached hydrogens (tertiary/aromatic N) is 3. The molecule has 0 aliphatic carbocycles. The number of hydrogen-bond acceptors (Lipinski definition) is 4. The second-order valence-corrected chi connectivity index (χ2v) is 6.84. The maximum absolute atomic E-state index is 12.6. The van der Waals surface area contributed by atoms with Crippen LogP contribution in [0.4, 0.5) is 0 Å². The van der Waals surface area contributed by atoms with Gasteiger partial charge in [0.05, 0.1) is 5.02 Å². The lowest BCUT2D eigenvalue weighted by atomic mass is 10.2. The Kier molecular flexibility index (Phi) is 6.47. The van der Waals surface area contributed by atoms with E-state index in [1.54, 1.807) is 19.1 Å². The van der Waals surface area contributed by atoms with Crippen molar-refractivity contribution in [1.82, 2.24) is 14.8 Å². The summed E-state index contributed by atoms with van der Waals surface area (Å²) in [6.07, 6.45) is 2.21. The molecule has 1 atom stereocenters. The number of para-hydroxylation sites is 1. The maximum Gasteiger partial charge on any atom is 0.263 e. The Labute approximate surface area is 159 Å². The zero-order chi connectivity index (χ0) is 18.4. The lowest BCUT2D eigenvalue weighted by Crippen LogP contribution is -2.52. The number of benzene rings is 1. The van der Waals surface area contributed by atoms with Crippen molar-refractivity contribution in [1.29, 1.82) is 0 Å². The normalized spacial score (nSPS) is 16.3. The summed E-state index contributed by atoms with van der Waals surface area (Å²) < 4.78 is 5.75. The predicted octanol–water partition coefficient (Wildman–Crippen LogP) is 2.89. The van der Waals surface area contributed by atoms with Crippen molar-refractivity contribution in [3.63, 3.8) is 0 Å². The van der Waals surface area contributed by atoms with E-state index in [0.29, 0.717) is 10.8 Å². The lowest BCUT2D eigenvalue weighted by molar-refractivity contribution is -0.139. The molecule has 0 unspecified atom stereocenters. The van der Waals surface area contributed by atoms with Gasteiger partial charge in [-0.05, 0) is 31.2 Å². The van der Waals surface area contributed by atoms with Crippen LogP contribution < -0.4 is 4.74 Å². The van der Waals surface area contributed by atoms with E-state index in [-0.39, 0.29) is 5.91 Å². The number of pyridine rings is 1. The molecule has 1 aliphatic heterocycles. The number of aromatic nitrogens is 1. The Bertz CT molecular complexity index is 718. The minimum absolute atomic E-state index is 0.00861. The SMILES string of the molecule is C[C@H](Oc1ccccc1Cl)C(=O)N1CCN(CCc2ccccn2)CC1. The largest absolute Gasteiger partial charge is 0.479 e. The fourth-order valence-electron chi connectivity index (χ4n) is 3.05. The Morgan fingerprint density at radius 2 is 1.88 bits per heavy atom. The minimum atomic E-state index is -0.546. The fraction of sp³-hybridized carbons (Fsp3) is 0.400. The Morgan fingerprint density at radius 1 is 1.15 bits per heavy atom. The van der Waals surface area contributed by atoms with Gasteiger partial charge in [0.1, 0.15) is 5.75 Å². The van der Waals surface area contributed by atoms with Crippen molar-refractivity contribution in [2.45, 2.75) is 19.4 Å². The summed E-state index contributed by atoms with van der Waals surface area (Å²) in [4.78, 5) is 21.2. The molecule has 1 aromatic carbocycles. The van der Waals surface area contributed by atoms with Crippen molar-refractivity contribution in [2.24, 2.45) is 0 Å². The molecule has 0 spiro atoms. The number of carbonyl (C=O) groups excluding carboxylic acids is 1. The first kappa shape index (κ1) is 18.7. The van der Waals surface area contributed by atoms with Crippen molar-refractivity contribution >= 4 is 17.5 Å². The van der Waals surface area contributed by atoms with Gasteiger partial charge in [-0.3, -0.25) is 14.7 Å². The molecule has 1 fully saturated rings. The number of carbonyl (C=O) groups is 1. The maximum atomic E-state index is 12.6. The van der Waals surface area contributed by atoms with E-state index in [1.165, 1.54) is 0 Å². The van der Waals surface area contributed by atoms with Gasteiger partial charge in [0.25, 0.3) is 5.91 Å². The highest BCUT2D eigenvalue weighted by molar-refractivity contribution is 6.32. The summed E-state index contributed by atoms with van der Waals surface area (Å²) in [7, 11) is 0. The highest BCUT2D eigenvalue weighted by Crippen LogP contribution is 2.24. The molecule has 5 nitrogen and oxygen atoms in total. The van der Waals surface area contributed by atoms with Gasteiger partial charge < -0.3 is 9.64 Å². The standard InChI is InChI=1S/C20H24ClN3O2/c1-16(26-19-8-3-2-7-18(19)21)20(25)24-14-12-23(13-15-24)11-9-17-6-4-5-10-22-17/h2-8,10,16H,9,11-15H2,1H3/t16-/m0/s1. The Morgan fingerprint density at radius 3 is 2.58 bits per heavy atom. The minimum Gasteiger partial charge on any atom is -0.479 e. The summed E-state index contributed by atoms with van der Waals surface area (Å²) >= 11 is 6.10. The molecule has 3 rings (SSSR count). The molecule has 1 aliphatic rings. The Balaban J connectivity index is 1.45. The first-order valence-electron chi connectivity index (χ1n) is 8.96. The van der Waals surface area contributed by atoms with E-state index < -0.39 is 6.10 Å². The average Bonchev–Trinajstić information content (AvgIpc) is 2.69. The van der Waals surface area contributed by atoms with E-state index in [9.17, 15) is 4.79 Å². The zero-order valence-corrected chi connectivity index (χ0v) is 15.7. The fourth-order valence-corrected chi connectivity index (χ4v) is 3.23. The number of amides is 1. The molecule has 6 heteroatoms. The van der Waals surface area contributed by atoms with Crippen LogP contribution in [0.15, 0.2) is 48.7 Å². The molecule has 0 saturated carbocycles. The van der Waals surface area contributed by atoms with Crippen LogP contribution in [0.3, 0.4) is 0 Å². The van der Waals surface area contributed by atoms with Gasteiger partial charge in [-0.25, -0.2) is 0 Å². The molecule has 0 N–H and O–H groups in total. The van der Waals surface area contributed by atoms with Gasteiger partial charge in [-0.1, -0.05) is 29.8 Å². The lowest BCUT2D eigenvalue weighted by Gasteiger charge is -2.35. The van der Waals surface area contributed by atoms with Crippen LogP contribution in [-0.4, -0.2) is 59.5 Å². The van der Waals surface area contributed by atoms with E-state index >= 15 is 0 Å². The quantitative estimate of drug-likeness (QED) is 0.781. The number of piperazine rings is 1. The molecule has 2 aromatic rings. The summed E-state index contributed by atoms with van der Waals surface area (Å²) in [5, 5.41) is 0.520. The van der Waals surface area contributed by atoms with Crippen molar-refractivity contribution < 1.29 is 9.53 Å². The van der Waals surface area contributed by atoms with Crippen LogP contribution in [0.25, 0.3) is 0 Å². The third-order valence-corrected chi connectivity index (χ3v) is 4.89. The van der Waals surface area contributed by atoms with Crippen LogP contribution in [0, 0.1) is 0 Å². The van der Waals surface area contributed by atoms with Crippen LogP contribution >= 0.6 is 11.6 Å². The molecular formula is C20H24ClN3O2. The average molecular weight is 374 g/mol. The zero-order valence-electron chi connectivity index (χ0n) is 15.0. The first-order chi connectivity index (χ1) is 12.6.